The predicted molar refractivity (Wildman–Crippen MR) is 86.6 cm³/mol. The quantitative estimate of drug-likeness (QED) is 0.919. The molecule has 4 nitrogen and oxygen atoms in total. The molecule has 1 amide bonds. The van der Waals surface area contributed by atoms with Crippen LogP contribution in [0.4, 0.5) is 0 Å². The predicted octanol–water partition coefficient (Wildman–Crippen LogP) is 3.50. The van der Waals surface area contributed by atoms with E-state index in [1.165, 1.54) is 0 Å². The maximum absolute atomic E-state index is 12.3. The topological polar surface area (TPSA) is 47.6 Å². The maximum Gasteiger partial charge on any atom is 0.251 e. The van der Waals surface area contributed by atoms with Crippen molar-refractivity contribution in [3.05, 3.63) is 59.2 Å². The highest BCUT2D eigenvalue weighted by Gasteiger charge is 2.12. The molecule has 2 rings (SSSR count). The van der Waals surface area contributed by atoms with E-state index in [-0.39, 0.29) is 11.9 Å². The average molecular weight is 299 g/mol. The number of hydrogen-bond acceptors (Lipinski definition) is 3. The summed E-state index contributed by atoms with van der Waals surface area (Å²) in [5.41, 5.74) is 2.59. The number of rotatable bonds is 5. The molecule has 0 aliphatic rings. The standard InChI is InChI=1S/C18H21NO3/c1-12-11-15(7-10-17(12)22-4)18(20)19-13(2)14-5-8-16(21-3)9-6-14/h5-11,13H,1-4H3,(H,19,20). The number of aryl methyl sites for hydroxylation is 1. The highest BCUT2D eigenvalue weighted by atomic mass is 16.5. The number of methoxy groups -OCH3 is 2. The molecular formula is C18H21NO3. The molecule has 4 heteroatoms. The molecule has 0 saturated carbocycles. The number of hydrogen-bond donors (Lipinski definition) is 1. The Morgan fingerprint density at radius 3 is 2.27 bits per heavy atom. The van der Waals surface area contributed by atoms with Gasteiger partial charge in [0.2, 0.25) is 0 Å². The Hall–Kier alpha value is -2.49. The highest BCUT2D eigenvalue weighted by molar-refractivity contribution is 5.94. The minimum atomic E-state index is -0.103. The first kappa shape index (κ1) is 15.9. The van der Waals surface area contributed by atoms with Gasteiger partial charge in [-0.2, -0.15) is 0 Å². The van der Waals surface area contributed by atoms with Gasteiger partial charge in [0.05, 0.1) is 20.3 Å². The molecule has 0 fully saturated rings. The van der Waals surface area contributed by atoms with E-state index < -0.39 is 0 Å². The first-order valence-corrected chi connectivity index (χ1v) is 7.14. The zero-order valence-corrected chi connectivity index (χ0v) is 13.3. The lowest BCUT2D eigenvalue weighted by Gasteiger charge is -2.15. The van der Waals surface area contributed by atoms with Crippen LogP contribution in [0.15, 0.2) is 42.5 Å². The normalized spacial score (nSPS) is 11.6. The van der Waals surface area contributed by atoms with Gasteiger partial charge in [-0.25, -0.2) is 0 Å². The zero-order valence-electron chi connectivity index (χ0n) is 13.3. The van der Waals surface area contributed by atoms with E-state index in [1.54, 1.807) is 20.3 Å². The smallest absolute Gasteiger partial charge is 0.251 e. The fourth-order valence-electron chi connectivity index (χ4n) is 2.28. The van der Waals surface area contributed by atoms with Crippen LogP contribution in [0.5, 0.6) is 11.5 Å². The van der Waals surface area contributed by atoms with Gasteiger partial charge in [0, 0.05) is 5.56 Å². The molecule has 0 aliphatic carbocycles. The monoisotopic (exact) mass is 299 g/mol. The second-order valence-corrected chi connectivity index (χ2v) is 5.15. The number of carbonyl (C=O) groups is 1. The van der Waals surface area contributed by atoms with E-state index in [1.807, 2.05) is 50.2 Å². The molecule has 116 valence electrons. The summed E-state index contributed by atoms with van der Waals surface area (Å²) < 4.78 is 10.3. The first-order chi connectivity index (χ1) is 10.5. The van der Waals surface area contributed by atoms with E-state index >= 15 is 0 Å². The minimum Gasteiger partial charge on any atom is -0.497 e. The minimum absolute atomic E-state index is 0.0826. The van der Waals surface area contributed by atoms with Crippen molar-refractivity contribution in [1.82, 2.24) is 5.32 Å². The molecule has 1 unspecified atom stereocenters. The Bertz CT molecular complexity index is 650. The summed E-state index contributed by atoms with van der Waals surface area (Å²) in [6.07, 6.45) is 0. The van der Waals surface area contributed by atoms with Gasteiger partial charge in [-0.05, 0) is 55.3 Å². The summed E-state index contributed by atoms with van der Waals surface area (Å²) in [6, 6.07) is 13.0. The molecule has 1 atom stereocenters. The second-order valence-electron chi connectivity index (χ2n) is 5.15. The van der Waals surface area contributed by atoms with Crippen LogP contribution in [0.2, 0.25) is 0 Å². The summed E-state index contributed by atoms with van der Waals surface area (Å²) in [7, 11) is 3.25. The molecule has 0 radical (unpaired) electrons. The Morgan fingerprint density at radius 1 is 1.05 bits per heavy atom. The van der Waals surface area contributed by atoms with E-state index in [0.29, 0.717) is 5.56 Å². The van der Waals surface area contributed by atoms with E-state index in [0.717, 1.165) is 22.6 Å². The molecule has 0 spiro atoms. The van der Waals surface area contributed by atoms with Crippen molar-refractivity contribution in [3.63, 3.8) is 0 Å². The van der Waals surface area contributed by atoms with E-state index in [9.17, 15) is 4.79 Å². The molecule has 0 aliphatic heterocycles. The summed E-state index contributed by atoms with van der Waals surface area (Å²) in [5, 5.41) is 2.99. The number of benzene rings is 2. The lowest BCUT2D eigenvalue weighted by molar-refractivity contribution is 0.0940. The summed E-state index contributed by atoms with van der Waals surface area (Å²) in [6.45, 7) is 3.87. The molecular weight excluding hydrogens is 278 g/mol. The molecule has 22 heavy (non-hydrogen) atoms. The molecule has 1 N–H and O–H groups in total. The largest absolute Gasteiger partial charge is 0.497 e. The van der Waals surface area contributed by atoms with Crippen LogP contribution in [0.25, 0.3) is 0 Å². The Kier molecular flexibility index (Phi) is 5.04. The van der Waals surface area contributed by atoms with Gasteiger partial charge in [0.15, 0.2) is 0 Å². The number of carbonyl (C=O) groups excluding carboxylic acids is 1. The molecule has 0 bridgehead atoms. The van der Waals surface area contributed by atoms with Crippen molar-refractivity contribution in [1.29, 1.82) is 0 Å². The summed E-state index contributed by atoms with van der Waals surface area (Å²) in [5.74, 6) is 1.47. The summed E-state index contributed by atoms with van der Waals surface area (Å²) in [4.78, 5) is 12.3. The summed E-state index contributed by atoms with van der Waals surface area (Å²) >= 11 is 0. The average Bonchev–Trinajstić information content (AvgIpc) is 2.54. The van der Waals surface area contributed by atoms with Crippen molar-refractivity contribution in [2.75, 3.05) is 14.2 Å². The molecule has 0 saturated heterocycles. The third kappa shape index (κ3) is 3.58. The van der Waals surface area contributed by atoms with Crippen LogP contribution in [0, 0.1) is 6.92 Å². The molecule has 2 aromatic carbocycles. The third-order valence-corrected chi connectivity index (χ3v) is 3.62. The Balaban J connectivity index is 2.08. The fourth-order valence-corrected chi connectivity index (χ4v) is 2.28. The van der Waals surface area contributed by atoms with Gasteiger partial charge in [-0.1, -0.05) is 12.1 Å². The lowest BCUT2D eigenvalue weighted by atomic mass is 10.1. The second kappa shape index (κ2) is 6.98. The third-order valence-electron chi connectivity index (χ3n) is 3.62. The van der Waals surface area contributed by atoms with E-state index in [4.69, 9.17) is 9.47 Å². The van der Waals surface area contributed by atoms with Gasteiger partial charge in [0.1, 0.15) is 11.5 Å². The highest BCUT2D eigenvalue weighted by Crippen LogP contribution is 2.20. The zero-order chi connectivity index (χ0) is 16.1. The first-order valence-electron chi connectivity index (χ1n) is 7.14. The van der Waals surface area contributed by atoms with Crippen LogP contribution in [-0.2, 0) is 0 Å². The SMILES string of the molecule is COc1ccc(C(C)NC(=O)c2ccc(OC)c(C)c2)cc1. The lowest BCUT2D eigenvalue weighted by Crippen LogP contribution is -2.26. The number of ether oxygens (including phenoxy) is 2. The van der Waals surface area contributed by atoms with E-state index in [2.05, 4.69) is 5.32 Å². The van der Waals surface area contributed by atoms with Crippen LogP contribution >= 0.6 is 0 Å². The molecule has 0 aromatic heterocycles. The number of nitrogens with one attached hydrogen (secondary N) is 1. The van der Waals surface area contributed by atoms with Crippen LogP contribution in [-0.4, -0.2) is 20.1 Å². The molecule has 0 heterocycles. The van der Waals surface area contributed by atoms with Crippen molar-refractivity contribution >= 4 is 5.91 Å². The van der Waals surface area contributed by atoms with Crippen LogP contribution in [0.1, 0.15) is 34.5 Å². The molecule has 2 aromatic rings. The van der Waals surface area contributed by atoms with Crippen LogP contribution in [0.3, 0.4) is 0 Å². The Labute approximate surface area is 131 Å². The maximum atomic E-state index is 12.3. The number of amides is 1. The van der Waals surface area contributed by atoms with Gasteiger partial charge in [0.25, 0.3) is 5.91 Å². The Morgan fingerprint density at radius 2 is 1.73 bits per heavy atom. The van der Waals surface area contributed by atoms with Crippen molar-refractivity contribution in [2.45, 2.75) is 19.9 Å². The van der Waals surface area contributed by atoms with Crippen molar-refractivity contribution in [3.8, 4) is 11.5 Å². The van der Waals surface area contributed by atoms with Crippen molar-refractivity contribution in [2.24, 2.45) is 0 Å². The van der Waals surface area contributed by atoms with Gasteiger partial charge >= 0.3 is 0 Å². The van der Waals surface area contributed by atoms with Crippen molar-refractivity contribution < 1.29 is 14.3 Å². The van der Waals surface area contributed by atoms with Gasteiger partial charge in [-0.3, -0.25) is 4.79 Å². The van der Waals surface area contributed by atoms with Crippen LogP contribution < -0.4 is 14.8 Å². The van der Waals surface area contributed by atoms with Gasteiger partial charge in [-0.15, -0.1) is 0 Å². The fraction of sp³-hybridized carbons (Fsp3) is 0.278. The van der Waals surface area contributed by atoms with Gasteiger partial charge < -0.3 is 14.8 Å².